The molecule has 0 spiro atoms. The van der Waals surface area contributed by atoms with E-state index in [1.165, 1.54) is 4.91 Å². The predicted molar refractivity (Wildman–Crippen MR) is 67.2 cm³/mol. The summed E-state index contributed by atoms with van der Waals surface area (Å²) >= 11 is 1.64. The number of rotatable bonds is 3. The standard InChI is InChI=1S/C11H19N3OS/c1-10-8-14(11(15)9-16-10)7-6-13-4-2-12-3-5-13/h8,12H,2-7,9H2,1H3. The van der Waals surface area contributed by atoms with Crippen molar-refractivity contribution in [3.8, 4) is 0 Å². The summed E-state index contributed by atoms with van der Waals surface area (Å²) in [6, 6.07) is 0. The van der Waals surface area contributed by atoms with Crippen LogP contribution in [0.25, 0.3) is 0 Å². The van der Waals surface area contributed by atoms with Crippen LogP contribution in [0, 0.1) is 0 Å². The van der Waals surface area contributed by atoms with E-state index in [1.54, 1.807) is 11.8 Å². The van der Waals surface area contributed by atoms with Crippen LogP contribution in [0.4, 0.5) is 0 Å². The average molecular weight is 241 g/mol. The summed E-state index contributed by atoms with van der Waals surface area (Å²) in [6.45, 7) is 8.21. The van der Waals surface area contributed by atoms with Gasteiger partial charge in [0.2, 0.25) is 5.91 Å². The second-order valence-electron chi connectivity index (χ2n) is 4.21. The molecule has 1 fully saturated rings. The lowest BCUT2D eigenvalue weighted by molar-refractivity contribution is -0.126. The van der Waals surface area contributed by atoms with Crippen molar-refractivity contribution in [2.75, 3.05) is 45.0 Å². The third-order valence-corrected chi connectivity index (χ3v) is 3.90. The van der Waals surface area contributed by atoms with Gasteiger partial charge in [-0.05, 0) is 11.8 Å². The van der Waals surface area contributed by atoms with Gasteiger partial charge in [-0.25, -0.2) is 0 Å². The van der Waals surface area contributed by atoms with Crippen LogP contribution < -0.4 is 5.32 Å². The lowest BCUT2D eigenvalue weighted by atomic mass is 10.3. The van der Waals surface area contributed by atoms with E-state index in [4.69, 9.17) is 0 Å². The summed E-state index contributed by atoms with van der Waals surface area (Å²) in [6.07, 6.45) is 1.98. The summed E-state index contributed by atoms with van der Waals surface area (Å²) in [4.78, 5) is 17.2. The molecule has 4 nitrogen and oxygen atoms in total. The molecule has 0 radical (unpaired) electrons. The Balaban J connectivity index is 1.79. The van der Waals surface area contributed by atoms with Crippen molar-refractivity contribution < 1.29 is 4.79 Å². The van der Waals surface area contributed by atoms with Crippen LogP contribution in [0.3, 0.4) is 0 Å². The minimum Gasteiger partial charge on any atom is -0.316 e. The van der Waals surface area contributed by atoms with Gasteiger partial charge in [-0.15, -0.1) is 11.8 Å². The molecule has 0 atom stereocenters. The molecule has 2 aliphatic rings. The predicted octanol–water partition coefficient (Wildman–Crippen LogP) is 0.328. The van der Waals surface area contributed by atoms with E-state index in [1.807, 2.05) is 11.1 Å². The Morgan fingerprint density at radius 1 is 1.38 bits per heavy atom. The van der Waals surface area contributed by atoms with Crippen LogP contribution in [0.1, 0.15) is 6.92 Å². The van der Waals surface area contributed by atoms with Gasteiger partial charge in [0.1, 0.15) is 0 Å². The number of allylic oxidation sites excluding steroid dienone is 1. The zero-order chi connectivity index (χ0) is 11.4. The Morgan fingerprint density at radius 3 is 2.88 bits per heavy atom. The molecule has 90 valence electrons. The highest BCUT2D eigenvalue weighted by atomic mass is 32.2. The molecule has 0 aliphatic carbocycles. The van der Waals surface area contributed by atoms with E-state index in [9.17, 15) is 4.79 Å². The molecule has 16 heavy (non-hydrogen) atoms. The van der Waals surface area contributed by atoms with Crippen LogP contribution in [0.15, 0.2) is 11.1 Å². The molecule has 0 aromatic carbocycles. The summed E-state index contributed by atoms with van der Waals surface area (Å²) in [5.74, 6) is 0.843. The van der Waals surface area contributed by atoms with Gasteiger partial charge in [0.05, 0.1) is 5.75 Å². The number of carbonyl (C=O) groups excluding carboxylic acids is 1. The average Bonchev–Trinajstić information content (AvgIpc) is 2.32. The summed E-state index contributed by atoms with van der Waals surface area (Å²) in [5, 5.41) is 3.33. The fraction of sp³-hybridized carbons (Fsp3) is 0.727. The van der Waals surface area contributed by atoms with E-state index >= 15 is 0 Å². The number of thioether (sulfide) groups is 1. The molecule has 0 saturated carbocycles. The number of nitrogens with one attached hydrogen (secondary N) is 1. The zero-order valence-corrected chi connectivity index (χ0v) is 10.6. The molecule has 1 N–H and O–H groups in total. The van der Waals surface area contributed by atoms with E-state index in [2.05, 4.69) is 17.1 Å². The number of carbonyl (C=O) groups is 1. The number of amides is 1. The van der Waals surface area contributed by atoms with Crippen LogP contribution in [0.5, 0.6) is 0 Å². The largest absolute Gasteiger partial charge is 0.316 e. The van der Waals surface area contributed by atoms with Gasteiger partial charge in [0.15, 0.2) is 0 Å². The van der Waals surface area contributed by atoms with Crippen molar-refractivity contribution in [2.45, 2.75) is 6.92 Å². The third-order valence-electron chi connectivity index (χ3n) is 2.95. The molecule has 0 bridgehead atoms. The first-order valence-electron chi connectivity index (χ1n) is 5.79. The maximum Gasteiger partial charge on any atom is 0.236 e. The maximum atomic E-state index is 11.6. The normalized spacial score (nSPS) is 23.4. The van der Waals surface area contributed by atoms with Gasteiger partial charge in [-0.1, -0.05) is 0 Å². The highest BCUT2D eigenvalue weighted by Crippen LogP contribution is 2.21. The van der Waals surface area contributed by atoms with Crippen LogP contribution >= 0.6 is 11.8 Å². The van der Waals surface area contributed by atoms with E-state index < -0.39 is 0 Å². The molecule has 1 saturated heterocycles. The molecule has 0 aromatic heterocycles. The summed E-state index contributed by atoms with van der Waals surface area (Å²) in [7, 11) is 0. The molecule has 2 aliphatic heterocycles. The number of hydrogen-bond donors (Lipinski definition) is 1. The van der Waals surface area contributed by atoms with Gasteiger partial charge < -0.3 is 10.2 Å². The quantitative estimate of drug-likeness (QED) is 0.772. The molecule has 0 aromatic rings. The fourth-order valence-corrected chi connectivity index (χ4v) is 2.68. The highest BCUT2D eigenvalue weighted by Gasteiger charge is 2.18. The van der Waals surface area contributed by atoms with Crippen molar-refractivity contribution in [2.24, 2.45) is 0 Å². The van der Waals surface area contributed by atoms with Gasteiger partial charge in [0.25, 0.3) is 0 Å². The summed E-state index contributed by atoms with van der Waals surface area (Å²) in [5.41, 5.74) is 0. The molecular weight excluding hydrogens is 222 g/mol. The highest BCUT2D eigenvalue weighted by molar-refractivity contribution is 8.03. The smallest absolute Gasteiger partial charge is 0.236 e. The molecule has 5 heteroatoms. The van der Waals surface area contributed by atoms with Crippen molar-refractivity contribution in [1.29, 1.82) is 0 Å². The monoisotopic (exact) mass is 241 g/mol. The Bertz CT molecular complexity index is 287. The van der Waals surface area contributed by atoms with Crippen LogP contribution in [-0.2, 0) is 4.79 Å². The Morgan fingerprint density at radius 2 is 2.12 bits per heavy atom. The Hall–Kier alpha value is -0.520. The van der Waals surface area contributed by atoms with Gasteiger partial charge >= 0.3 is 0 Å². The number of nitrogens with zero attached hydrogens (tertiary/aromatic N) is 2. The SMILES string of the molecule is CC1=CN(CCN2CCNCC2)C(=O)CS1. The fourth-order valence-electron chi connectivity index (χ4n) is 1.96. The first-order chi connectivity index (χ1) is 7.75. The Kier molecular flexibility index (Phi) is 4.26. The van der Waals surface area contributed by atoms with Gasteiger partial charge in [-0.2, -0.15) is 0 Å². The maximum absolute atomic E-state index is 11.6. The molecular formula is C11H19N3OS. The van der Waals surface area contributed by atoms with Gasteiger partial charge in [0, 0.05) is 45.5 Å². The van der Waals surface area contributed by atoms with Crippen LogP contribution in [0.2, 0.25) is 0 Å². The minimum absolute atomic E-state index is 0.241. The second-order valence-corrected chi connectivity index (χ2v) is 5.43. The van der Waals surface area contributed by atoms with Crippen molar-refractivity contribution >= 4 is 17.7 Å². The van der Waals surface area contributed by atoms with E-state index in [0.29, 0.717) is 5.75 Å². The zero-order valence-electron chi connectivity index (χ0n) is 9.74. The van der Waals surface area contributed by atoms with Gasteiger partial charge in [-0.3, -0.25) is 9.69 Å². The topological polar surface area (TPSA) is 35.6 Å². The van der Waals surface area contributed by atoms with E-state index in [0.717, 1.165) is 39.3 Å². The lowest BCUT2D eigenvalue weighted by Crippen LogP contribution is -2.46. The minimum atomic E-state index is 0.241. The van der Waals surface area contributed by atoms with Crippen molar-refractivity contribution in [3.05, 3.63) is 11.1 Å². The second kappa shape index (κ2) is 5.70. The van der Waals surface area contributed by atoms with Crippen molar-refractivity contribution in [1.82, 2.24) is 15.1 Å². The molecule has 2 heterocycles. The Labute approximate surface area is 101 Å². The third kappa shape index (κ3) is 3.23. The number of hydrogen-bond acceptors (Lipinski definition) is 4. The number of piperazine rings is 1. The molecule has 0 unspecified atom stereocenters. The lowest BCUT2D eigenvalue weighted by Gasteiger charge is -2.30. The van der Waals surface area contributed by atoms with Crippen LogP contribution in [-0.4, -0.2) is 60.7 Å². The van der Waals surface area contributed by atoms with Crippen molar-refractivity contribution in [3.63, 3.8) is 0 Å². The first kappa shape index (κ1) is 12.0. The first-order valence-corrected chi connectivity index (χ1v) is 6.78. The summed E-state index contributed by atoms with van der Waals surface area (Å²) < 4.78 is 0. The van der Waals surface area contributed by atoms with E-state index in [-0.39, 0.29) is 5.91 Å². The molecule has 2 rings (SSSR count). The molecule has 1 amide bonds.